The largest absolute Gasteiger partial charge is 0.497 e. The van der Waals surface area contributed by atoms with Crippen LogP contribution in [0.5, 0.6) is 11.5 Å². The molecule has 0 radical (unpaired) electrons. The van der Waals surface area contributed by atoms with E-state index in [1.54, 1.807) is 14.2 Å². The van der Waals surface area contributed by atoms with Crippen LogP contribution in [0.3, 0.4) is 0 Å². The number of carbonyl (C=O) groups is 1. The van der Waals surface area contributed by atoms with Gasteiger partial charge >= 0.3 is 0 Å². The summed E-state index contributed by atoms with van der Waals surface area (Å²) in [7, 11) is 3.22. The molecule has 1 N–H and O–H groups in total. The normalized spacial score (nSPS) is 10.7. The number of ether oxygens (including phenoxy) is 2. The van der Waals surface area contributed by atoms with Gasteiger partial charge in [0.2, 0.25) is 0 Å². The number of hydrogen-bond acceptors (Lipinski definition) is 4. The summed E-state index contributed by atoms with van der Waals surface area (Å²) in [6.45, 7) is 2.23. The van der Waals surface area contributed by atoms with Crippen LogP contribution < -0.4 is 14.8 Å². The minimum atomic E-state index is -0.161. The first-order chi connectivity index (χ1) is 15.1. The Kier molecular flexibility index (Phi) is 5.85. The van der Waals surface area contributed by atoms with Gasteiger partial charge in [0.25, 0.3) is 5.91 Å². The van der Waals surface area contributed by atoms with Crippen molar-refractivity contribution in [3.05, 3.63) is 89.6 Å². The average molecular weight is 412 g/mol. The SMILES string of the molecule is COc1ccc(OC)c(CNC(=O)c2cc(C)nc3c(-c4ccccc4)cccc23)c1. The van der Waals surface area contributed by atoms with Crippen molar-refractivity contribution in [3.8, 4) is 22.6 Å². The fourth-order valence-corrected chi connectivity index (χ4v) is 3.71. The molecular formula is C26H24N2O3. The molecule has 0 aliphatic heterocycles. The molecule has 1 amide bonds. The Morgan fingerprint density at radius 1 is 0.935 bits per heavy atom. The molecule has 4 rings (SSSR count). The highest BCUT2D eigenvalue weighted by molar-refractivity contribution is 6.09. The standard InChI is InChI=1S/C26H24N2O3/c1-17-14-23(26(29)27-16-19-15-20(30-2)12-13-24(19)31-3)22-11-7-10-21(25(22)28-17)18-8-5-4-6-9-18/h4-15H,16H2,1-3H3,(H,27,29). The van der Waals surface area contributed by atoms with Gasteiger partial charge in [-0.1, -0.05) is 48.5 Å². The number of pyridine rings is 1. The Bertz CT molecular complexity index is 1240. The Labute approximate surface area is 181 Å². The zero-order valence-electron chi connectivity index (χ0n) is 17.8. The summed E-state index contributed by atoms with van der Waals surface area (Å²) >= 11 is 0. The summed E-state index contributed by atoms with van der Waals surface area (Å²) in [4.78, 5) is 17.9. The van der Waals surface area contributed by atoms with E-state index in [0.29, 0.717) is 23.6 Å². The topological polar surface area (TPSA) is 60.5 Å². The van der Waals surface area contributed by atoms with Gasteiger partial charge in [0, 0.05) is 28.8 Å². The second kappa shape index (κ2) is 8.88. The smallest absolute Gasteiger partial charge is 0.252 e. The Hall–Kier alpha value is -3.86. The number of methoxy groups -OCH3 is 2. The number of benzene rings is 3. The number of para-hydroxylation sites is 1. The van der Waals surface area contributed by atoms with E-state index in [9.17, 15) is 4.79 Å². The highest BCUT2D eigenvalue weighted by atomic mass is 16.5. The minimum Gasteiger partial charge on any atom is -0.497 e. The van der Waals surface area contributed by atoms with Crippen molar-refractivity contribution in [1.82, 2.24) is 10.3 Å². The lowest BCUT2D eigenvalue weighted by Crippen LogP contribution is -2.23. The maximum absolute atomic E-state index is 13.2. The highest BCUT2D eigenvalue weighted by Crippen LogP contribution is 2.30. The summed E-state index contributed by atoms with van der Waals surface area (Å²) in [6, 6.07) is 23.4. The number of aromatic nitrogens is 1. The van der Waals surface area contributed by atoms with E-state index in [1.165, 1.54) is 0 Å². The second-order valence-corrected chi connectivity index (χ2v) is 7.24. The van der Waals surface area contributed by atoms with Crippen molar-refractivity contribution in [1.29, 1.82) is 0 Å². The van der Waals surface area contributed by atoms with Crippen LogP contribution in [0.25, 0.3) is 22.0 Å². The third-order valence-electron chi connectivity index (χ3n) is 5.22. The maximum atomic E-state index is 13.2. The van der Waals surface area contributed by atoms with Crippen molar-refractivity contribution in [2.45, 2.75) is 13.5 Å². The third-order valence-corrected chi connectivity index (χ3v) is 5.22. The molecule has 0 bridgehead atoms. The molecule has 0 fully saturated rings. The molecule has 0 atom stereocenters. The van der Waals surface area contributed by atoms with E-state index in [-0.39, 0.29) is 5.91 Å². The zero-order valence-corrected chi connectivity index (χ0v) is 17.8. The molecule has 156 valence electrons. The summed E-state index contributed by atoms with van der Waals surface area (Å²) in [5.74, 6) is 1.25. The van der Waals surface area contributed by atoms with Crippen LogP contribution in [-0.4, -0.2) is 25.1 Å². The number of carbonyl (C=O) groups excluding carboxylic acids is 1. The van der Waals surface area contributed by atoms with Crippen molar-refractivity contribution in [2.24, 2.45) is 0 Å². The molecule has 1 aromatic heterocycles. The first-order valence-corrected chi connectivity index (χ1v) is 10.1. The monoisotopic (exact) mass is 412 g/mol. The second-order valence-electron chi connectivity index (χ2n) is 7.24. The number of amides is 1. The van der Waals surface area contributed by atoms with E-state index in [1.807, 2.05) is 79.7 Å². The lowest BCUT2D eigenvalue weighted by atomic mass is 9.98. The van der Waals surface area contributed by atoms with Gasteiger partial charge in [0.15, 0.2) is 0 Å². The summed E-state index contributed by atoms with van der Waals surface area (Å²) in [5, 5.41) is 3.84. The average Bonchev–Trinajstić information content (AvgIpc) is 2.81. The van der Waals surface area contributed by atoms with Crippen LogP contribution in [0.1, 0.15) is 21.6 Å². The summed E-state index contributed by atoms with van der Waals surface area (Å²) < 4.78 is 10.7. The van der Waals surface area contributed by atoms with Crippen LogP contribution in [0, 0.1) is 6.92 Å². The molecule has 4 aromatic rings. The Balaban J connectivity index is 1.69. The zero-order chi connectivity index (χ0) is 21.8. The van der Waals surface area contributed by atoms with Gasteiger partial charge in [0.1, 0.15) is 11.5 Å². The molecule has 0 unspecified atom stereocenters. The number of fused-ring (bicyclic) bond motifs is 1. The van der Waals surface area contributed by atoms with Gasteiger partial charge < -0.3 is 14.8 Å². The van der Waals surface area contributed by atoms with Crippen molar-refractivity contribution in [2.75, 3.05) is 14.2 Å². The van der Waals surface area contributed by atoms with E-state index in [4.69, 9.17) is 14.5 Å². The van der Waals surface area contributed by atoms with Crippen LogP contribution in [-0.2, 0) is 6.54 Å². The van der Waals surface area contributed by atoms with E-state index < -0.39 is 0 Å². The van der Waals surface area contributed by atoms with Gasteiger partial charge in [-0.3, -0.25) is 9.78 Å². The lowest BCUT2D eigenvalue weighted by molar-refractivity contribution is 0.0952. The van der Waals surface area contributed by atoms with Gasteiger partial charge in [-0.15, -0.1) is 0 Å². The molecule has 5 heteroatoms. The van der Waals surface area contributed by atoms with E-state index in [2.05, 4.69) is 5.32 Å². The minimum absolute atomic E-state index is 0.161. The van der Waals surface area contributed by atoms with Gasteiger partial charge in [-0.25, -0.2) is 0 Å². The van der Waals surface area contributed by atoms with Crippen LogP contribution in [0.15, 0.2) is 72.8 Å². The summed E-state index contributed by atoms with van der Waals surface area (Å²) in [5.41, 5.74) is 5.12. The first-order valence-electron chi connectivity index (χ1n) is 10.1. The molecule has 5 nitrogen and oxygen atoms in total. The highest BCUT2D eigenvalue weighted by Gasteiger charge is 2.15. The Morgan fingerprint density at radius 3 is 2.48 bits per heavy atom. The quantitative estimate of drug-likeness (QED) is 0.475. The fourth-order valence-electron chi connectivity index (χ4n) is 3.71. The van der Waals surface area contributed by atoms with Crippen LogP contribution >= 0.6 is 0 Å². The van der Waals surface area contributed by atoms with E-state index >= 15 is 0 Å². The van der Waals surface area contributed by atoms with Crippen molar-refractivity contribution >= 4 is 16.8 Å². The number of aryl methyl sites for hydroxylation is 1. The molecule has 0 saturated carbocycles. The number of nitrogens with one attached hydrogen (secondary N) is 1. The molecule has 0 aliphatic carbocycles. The fraction of sp³-hybridized carbons (Fsp3) is 0.154. The Morgan fingerprint density at radius 2 is 1.74 bits per heavy atom. The molecule has 0 aliphatic rings. The first kappa shape index (κ1) is 20.4. The number of rotatable bonds is 6. The molecule has 31 heavy (non-hydrogen) atoms. The predicted octanol–water partition coefficient (Wildman–Crippen LogP) is 5.16. The number of nitrogens with zero attached hydrogens (tertiary/aromatic N) is 1. The maximum Gasteiger partial charge on any atom is 0.252 e. The van der Waals surface area contributed by atoms with Crippen molar-refractivity contribution in [3.63, 3.8) is 0 Å². The molecule has 0 saturated heterocycles. The lowest BCUT2D eigenvalue weighted by Gasteiger charge is -2.14. The van der Waals surface area contributed by atoms with E-state index in [0.717, 1.165) is 33.3 Å². The predicted molar refractivity (Wildman–Crippen MR) is 123 cm³/mol. The van der Waals surface area contributed by atoms with Gasteiger partial charge in [-0.05, 0) is 36.8 Å². The third kappa shape index (κ3) is 4.21. The van der Waals surface area contributed by atoms with Gasteiger partial charge in [0.05, 0.1) is 25.3 Å². The molecule has 3 aromatic carbocycles. The number of hydrogen-bond donors (Lipinski definition) is 1. The van der Waals surface area contributed by atoms with Crippen LogP contribution in [0.2, 0.25) is 0 Å². The van der Waals surface area contributed by atoms with Gasteiger partial charge in [-0.2, -0.15) is 0 Å². The molecular weight excluding hydrogens is 388 g/mol. The van der Waals surface area contributed by atoms with Crippen LogP contribution in [0.4, 0.5) is 0 Å². The molecule has 1 heterocycles. The van der Waals surface area contributed by atoms with Crippen molar-refractivity contribution < 1.29 is 14.3 Å². The molecule has 0 spiro atoms. The summed E-state index contributed by atoms with van der Waals surface area (Å²) in [6.07, 6.45) is 0.